The second-order valence-electron chi connectivity index (χ2n) is 7.03. The summed E-state index contributed by atoms with van der Waals surface area (Å²) >= 11 is 0. The summed E-state index contributed by atoms with van der Waals surface area (Å²) in [6.07, 6.45) is 3.99. The average molecular weight is 388 g/mol. The van der Waals surface area contributed by atoms with Crippen molar-refractivity contribution in [1.29, 1.82) is 0 Å². The summed E-state index contributed by atoms with van der Waals surface area (Å²) in [6, 6.07) is 8.53. The summed E-state index contributed by atoms with van der Waals surface area (Å²) in [4.78, 5) is 14.8. The molecule has 2 fully saturated rings. The maximum atomic E-state index is 12.3. The van der Waals surface area contributed by atoms with Crippen molar-refractivity contribution in [3.8, 4) is 0 Å². The summed E-state index contributed by atoms with van der Waals surface area (Å²) in [5.74, 6) is 0.786. The van der Waals surface area contributed by atoms with E-state index in [4.69, 9.17) is 0 Å². The van der Waals surface area contributed by atoms with Gasteiger partial charge in [-0.3, -0.25) is 9.69 Å². The van der Waals surface area contributed by atoms with Crippen LogP contribution in [0.15, 0.2) is 24.3 Å². The molecule has 2 aliphatic heterocycles. The van der Waals surface area contributed by atoms with E-state index in [1.54, 1.807) is 0 Å². The van der Waals surface area contributed by atoms with E-state index in [0.717, 1.165) is 19.6 Å². The van der Waals surface area contributed by atoms with Gasteiger partial charge >= 0.3 is 0 Å². The molecule has 4 nitrogen and oxygen atoms in total. The normalized spacial score (nSPS) is 19.1. The van der Waals surface area contributed by atoms with Crippen molar-refractivity contribution >= 4 is 30.7 Å². The van der Waals surface area contributed by atoms with E-state index in [1.165, 1.54) is 43.5 Å². The molecule has 0 radical (unpaired) electrons. The molecule has 1 amide bonds. The van der Waals surface area contributed by atoms with Gasteiger partial charge in [-0.1, -0.05) is 37.6 Å². The van der Waals surface area contributed by atoms with Crippen molar-refractivity contribution in [2.75, 3.05) is 26.2 Å². The lowest BCUT2D eigenvalue weighted by molar-refractivity contribution is -0.126. The topological polar surface area (TPSA) is 44.4 Å². The predicted octanol–water partition coefficient (Wildman–Crippen LogP) is 2.99. The Hall–Kier alpha value is -0.810. The number of piperidine rings is 1. The van der Waals surface area contributed by atoms with Crippen LogP contribution in [0.3, 0.4) is 0 Å². The molecule has 1 atom stereocenters. The maximum absolute atomic E-state index is 12.3. The molecule has 0 saturated carbocycles. The van der Waals surface area contributed by atoms with Crippen molar-refractivity contribution in [3.05, 3.63) is 35.4 Å². The molecule has 2 N–H and O–H groups in total. The number of nitrogens with zero attached hydrogens (tertiary/aromatic N) is 1. The van der Waals surface area contributed by atoms with Gasteiger partial charge in [-0.25, -0.2) is 0 Å². The van der Waals surface area contributed by atoms with Gasteiger partial charge in [0.05, 0.1) is 0 Å². The third-order valence-corrected chi connectivity index (χ3v) is 5.35. The fourth-order valence-electron chi connectivity index (χ4n) is 3.46. The van der Waals surface area contributed by atoms with E-state index >= 15 is 0 Å². The molecule has 0 bridgehead atoms. The van der Waals surface area contributed by atoms with Gasteiger partial charge in [0.1, 0.15) is 0 Å². The minimum atomic E-state index is 0. The van der Waals surface area contributed by atoms with Crippen LogP contribution >= 0.6 is 24.8 Å². The summed E-state index contributed by atoms with van der Waals surface area (Å²) < 4.78 is 0. The smallest absolute Gasteiger partial charge is 0.223 e. The minimum absolute atomic E-state index is 0. The van der Waals surface area contributed by atoms with E-state index in [0.29, 0.717) is 12.5 Å². The van der Waals surface area contributed by atoms with Crippen molar-refractivity contribution in [2.45, 2.75) is 39.3 Å². The van der Waals surface area contributed by atoms with E-state index in [2.05, 4.69) is 39.8 Å². The fraction of sp³-hybridized carbons (Fsp3) is 0.632. The Morgan fingerprint density at radius 3 is 2.40 bits per heavy atom. The molecular formula is C19H31Cl2N3O. The van der Waals surface area contributed by atoms with Crippen molar-refractivity contribution in [3.63, 3.8) is 0 Å². The molecule has 0 aromatic heterocycles. The molecule has 142 valence electrons. The quantitative estimate of drug-likeness (QED) is 0.788. The Balaban J connectivity index is 0.00000156. The van der Waals surface area contributed by atoms with Crippen LogP contribution in [-0.2, 0) is 17.9 Å². The Morgan fingerprint density at radius 1 is 1.16 bits per heavy atom. The summed E-state index contributed by atoms with van der Waals surface area (Å²) in [5, 5.41) is 6.38. The highest BCUT2D eigenvalue weighted by Crippen LogP contribution is 2.18. The van der Waals surface area contributed by atoms with Gasteiger partial charge in [-0.2, -0.15) is 0 Å². The number of hydrogen-bond acceptors (Lipinski definition) is 3. The third kappa shape index (κ3) is 6.14. The second-order valence-corrected chi connectivity index (χ2v) is 7.03. The SMILES string of the molecule is CC(C(=O)NCc1ccccc1CN1CCCCC1)C1CNC1.Cl.Cl. The number of carbonyl (C=O) groups is 1. The van der Waals surface area contributed by atoms with Crippen LogP contribution in [0, 0.1) is 11.8 Å². The summed E-state index contributed by atoms with van der Waals surface area (Å²) in [7, 11) is 0. The number of halogens is 2. The Bertz CT molecular complexity index is 531. The Kier molecular flexibility index (Phi) is 9.80. The van der Waals surface area contributed by atoms with E-state index in [1.807, 2.05) is 6.92 Å². The first-order valence-corrected chi connectivity index (χ1v) is 9.01. The zero-order valence-corrected chi connectivity index (χ0v) is 16.6. The van der Waals surface area contributed by atoms with E-state index in [-0.39, 0.29) is 36.6 Å². The molecule has 2 saturated heterocycles. The first-order chi connectivity index (χ1) is 11.2. The number of likely N-dealkylation sites (tertiary alicyclic amines) is 1. The fourth-order valence-corrected chi connectivity index (χ4v) is 3.46. The monoisotopic (exact) mass is 387 g/mol. The lowest BCUT2D eigenvalue weighted by atomic mass is 9.88. The number of benzene rings is 1. The first kappa shape index (κ1) is 22.2. The van der Waals surface area contributed by atoms with Crippen LogP contribution in [0.4, 0.5) is 0 Å². The third-order valence-electron chi connectivity index (χ3n) is 5.35. The zero-order chi connectivity index (χ0) is 16.1. The minimum Gasteiger partial charge on any atom is -0.352 e. The predicted molar refractivity (Wildman–Crippen MR) is 107 cm³/mol. The molecule has 1 aromatic carbocycles. The lowest BCUT2D eigenvalue weighted by Gasteiger charge is -2.31. The second kappa shape index (κ2) is 11.0. The molecule has 3 rings (SSSR count). The molecular weight excluding hydrogens is 357 g/mol. The van der Waals surface area contributed by atoms with Crippen LogP contribution < -0.4 is 10.6 Å². The van der Waals surface area contributed by atoms with Crippen LogP contribution in [0.2, 0.25) is 0 Å². The molecule has 2 heterocycles. The van der Waals surface area contributed by atoms with Gasteiger partial charge in [0.15, 0.2) is 0 Å². The molecule has 0 aliphatic carbocycles. The highest BCUT2D eigenvalue weighted by molar-refractivity contribution is 5.85. The number of nitrogens with one attached hydrogen (secondary N) is 2. The number of hydrogen-bond donors (Lipinski definition) is 2. The van der Waals surface area contributed by atoms with Gasteiger partial charge in [0, 0.05) is 19.0 Å². The number of rotatable bonds is 6. The van der Waals surface area contributed by atoms with Crippen molar-refractivity contribution in [1.82, 2.24) is 15.5 Å². The Labute approximate surface area is 163 Å². The van der Waals surface area contributed by atoms with Crippen LogP contribution in [0.5, 0.6) is 0 Å². The van der Waals surface area contributed by atoms with Gasteiger partial charge < -0.3 is 10.6 Å². The summed E-state index contributed by atoms with van der Waals surface area (Å²) in [5.41, 5.74) is 2.61. The van der Waals surface area contributed by atoms with Gasteiger partial charge in [-0.05, 0) is 56.1 Å². The molecule has 25 heavy (non-hydrogen) atoms. The molecule has 6 heteroatoms. The number of carbonyl (C=O) groups excluding carboxylic acids is 1. The molecule has 0 spiro atoms. The van der Waals surface area contributed by atoms with Crippen LogP contribution in [-0.4, -0.2) is 37.0 Å². The summed E-state index contributed by atoms with van der Waals surface area (Å²) in [6.45, 7) is 8.04. The van der Waals surface area contributed by atoms with E-state index in [9.17, 15) is 4.79 Å². The van der Waals surface area contributed by atoms with Gasteiger partial charge in [0.25, 0.3) is 0 Å². The largest absolute Gasteiger partial charge is 0.352 e. The van der Waals surface area contributed by atoms with Crippen molar-refractivity contribution < 1.29 is 4.79 Å². The number of amides is 1. The zero-order valence-electron chi connectivity index (χ0n) is 15.0. The van der Waals surface area contributed by atoms with Crippen LogP contribution in [0.25, 0.3) is 0 Å². The highest BCUT2D eigenvalue weighted by atomic mass is 35.5. The molecule has 1 aromatic rings. The van der Waals surface area contributed by atoms with Crippen LogP contribution in [0.1, 0.15) is 37.3 Å². The average Bonchev–Trinajstić information content (AvgIpc) is 2.53. The first-order valence-electron chi connectivity index (χ1n) is 9.01. The van der Waals surface area contributed by atoms with Crippen molar-refractivity contribution in [2.24, 2.45) is 11.8 Å². The lowest BCUT2D eigenvalue weighted by Crippen LogP contribution is -2.49. The molecule has 2 aliphatic rings. The van der Waals surface area contributed by atoms with Gasteiger partial charge in [-0.15, -0.1) is 24.8 Å². The highest BCUT2D eigenvalue weighted by Gasteiger charge is 2.28. The van der Waals surface area contributed by atoms with E-state index < -0.39 is 0 Å². The maximum Gasteiger partial charge on any atom is 0.223 e. The Morgan fingerprint density at radius 2 is 1.80 bits per heavy atom. The standard InChI is InChI=1S/C19H29N3O.2ClH/c1-15(18-11-20-12-18)19(23)21-13-16-7-3-4-8-17(16)14-22-9-5-2-6-10-22;;/h3-4,7-8,15,18,20H,2,5-6,9-14H2,1H3,(H,21,23);2*1H. The molecule has 1 unspecified atom stereocenters. The van der Waals surface area contributed by atoms with Gasteiger partial charge in [0.2, 0.25) is 5.91 Å².